The third-order valence-corrected chi connectivity index (χ3v) is 8.87. The minimum atomic E-state index is -4.18. The van der Waals surface area contributed by atoms with Crippen molar-refractivity contribution in [3.05, 3.63) is 92.9 Å². The lowest BCUT2D eigenvalue weighted by molar-refractivity contribution is -0.141. The topological polar surface area (TPSA) is 86.8 Å². The summed E-state index contributed by atoms with van der Waals surface area (Å²) in [5.41, 5.74) is 1.15. The largest absolute Gasteiger partial charge is 0.350 e. The second-order valence-corrected chi connectivity index (χ2v) is 13.9. The maximum atomic E-state index is 14.1. The third-order valence-electron chi connectivity index (χ3n) is 6.24. The molecule has 41 heavy (non-hydrogen) atoms. The monoisotopic (exact) mass is 637 g/mol. The zero-order valence-electron chi connectivity index (χ0n) is 23.6. The first-order chi connectivity index (χ1) is 19.1. The van der Waals surface area contributed by atoms with E-state index in [2.05, 4.69) is 5.32 Å². The standard InChI is InChI=1S/C30H34Cl3N3O4S/c1-6-27(29(38)34-30(3,4)5)35(18-21-9-10-23(32)17-26(21)33)28(37)19-36(24-13-11-22(31)12-14-24)41(39,40)25-15-7-20(2)8-16-25/h7-17,27H,6,18-19H2,1-5H3,(H,34,38)/t27-/m0/s1. The molecular weight excluding hydrogens is 605 g/mol. The number of amides is 2. The normalized spacial score (nSPS) is 12.5. The fourth-order valence-electron chi connectivity index (χ4n) is 4.18. The Kier molecular flexibility index (Phi) is 10.7. The molecule has 2 amide bonds. The van der Waals surface area contributed by atoms with Crippen LogP contribution in [0, 0.1) is 6.92 Å². The second-order valence-electron chi connectivity index (χ2n) is 10.7. The van der Waals surface area contributed by atoms with Crippen molar-refractivity contribution in [3.8, 4) is 0 Å². The van der Waals surface area contributed by atoms with Crippen molar-refractivity contribution in [1.82, 2.24) is 10.2 Å². The van der Waals surface area contributed by atoms with Crippen LogP contribution in [0.25, 0.3) is 0 Å². The Morgan fingerprint density at radius 2 is 1.49 bits per heavy atom. The van der Waals surface area contributed by atoms with Crippen LogP contribution in [0.5, 0.6) is 0 Å². The van der Waals surface area contributed by atoms with Gasteiger partial charge < -0.3 is 10.2 Å². The van der Waals surface area contributed by atoms with Crippen molar-refractivity contribution in [3.63, 3.8) is 0 Å². The molecule has 0 saturated heterocycles. The van der Waals surface area contributed by atoms with Crippen LogP contribution in [0.15, 0.2) is 71.6 Å². The summed E-state index contributed by atoms with van der Waals surface area (Å²) in [6.45, 7) is 8.57. The first-order valence-electron chi connectivity index (χ1n) is 13.0. The highest BCUT2D eigenvalue weighted by Crippen LogP contribution is 2.28. The van der Waals surface area contributed by atoms with Crippen molar-refractivity contribution in [1.29, 1.82) is 0 Å². The fraction of sp³-hybridized carbons (Fsp3) is 0.333. The zero-order chi connectivity index (χ0) is 30.5. The van der Waals surface area contributed by atoms with E-state index in [1.807, 2.05) is 27.7 Å². The Labute approximate surface area is 257 Å². The summed E-state index contributed by atoms with van der Waals surface area (Å²) in [4.78, 5) is 28.9. The Hall–Kier alpha value is -2.78. The molecule has 1 N–H and O–H groups in total. The van der Waals surface area contributed by atoms with Gasteiger partial charge >= 0.3 is 0 Å². The molecule has 1 atom stereocenters. The van der Waals surface area contributed by atoms with Gasteiger partial charge in [0, 0.05) is 27.2 Å². The lowest BCUT2D eigenvalue weighted by atomic mass is 10.1. The van der Waals surface area contributed by atoms with E-state index in [0.717, 1.165) is 9.87 Å². The van der Waals surface area contributed by atoms with Crippen molar-refractivity contribution in [2.45, 2.75) is 64.1 Å². The average Bonchev–Trinajstić information content (AvgIpc) is 2.88. The Balaban J connectivity index is 2.09. The quantitative estimate of drug-likeness (QED) is 0.263. The molecular formula is C30H34Cl3N3O4S. The third kappa shape index (κ3) is 8.61. The molecule has 0 unspecified atom stereocenters. The van der Waals surface area contributed by atoms with Gasteiger partial charge in [-0.15, -0.1) is 0 Å². The van der Waals surface area contributed by atoms with Crippen LogP contribution in [-0.2, 0) is 26.2 Å². The Bertz CT molecular complexity index is 1490. The smallest absolute Gasteiger partial charge is 0.264 e. The van der Waals surface area contributed by atoms with Gasteiger partial charge in [-0.25, -0.2) is 8.42 Å². The number of benzene rings is 3. The van der Waals surface area contributed by atoms with E-state index in [0.29, 0.717) is 20.6 Å². The Morgan fingerprint density at radius 3 is 2.02 bits per heavy atom. The summed E-state index contributed by atoms with van der Waals surface area (Å²) >= 11 is 18.6. The minimum Gasteiger partial charge on any atom is -0.350 e. The van der Waals surface area contributed by atoms with E-state index < -0.39 is 34.1 Å². The number of carbonyl (C=O) groups excluding carboxylic acids is 2. The van der Waals surface area contributed by atoms with Gasteiger partial charge in [-0.3, -0.25) is 13.9 Å². The number of sulfonamides is 1. The van der Waals surface area contributed by atoms with Crippen LogP contribution < -0.4 is 9.62 Å². The first kappa shape index (κ1) is 32.7. The molecule has 3 aromatic rings. The first-order valence-corrected chi connectivity index (χ1v) is 15.6. The van der Waals surface area contributed by atoms with Crippen LogP contribution in [0.1, 0.15) is 45.2 Å². The number of nitrogens with zero attached hydrogens (tertiary/aromatic N) is 2. The molecule has 0 aromatic heterocycles. The molecule has 0 aliphatic heterocycles. The number of rotatable bonds is 10. The molecule has 0 bridgehead atoms. The molecule has 3 aromatic carbocycles. The fourth-order valence-corrected chi connectivity index (χ4v) is 6.19. The molecule has 7 nitrogen and oxygen atoms in total. The molecule has 0 aliphatic carbocycles. The maximum absolute atomic E-state index is 14.1. The summed E-state index contributed by atoms with van der Waals surface area (Å²) < 4.78 is 28.8. The lowest BCUT2D eigenvalue weighted by Crippen LogP contribution is -2.55. The minimum absolute atomic E-state index is 0.0238. The number of aryl methyl sites for hydroxylation is 1. The molecule has 11 heteroatoms. The van der Waals surface area contributed by atoms with Crippen LogP contribution in [0.4, 0.5) is 5.69 Å². The molecule has 220 valence electrons. The molecule has 0 heterocycles. The molecule has 3 rings (SSSR count). The van der Waals surface area contributed by atoms with E-state index in [4.69, 9.17) is 34.8 Å². The number of hydrogen-bond acceptors (Lipinski definition) is 4. The van der Waals surface area contributed by atoms with E-state index in [-0.39, 0.29) is 29.5 Å². The number of nitrogens with one attached hydrogen (secondary N) is 1. The molecule has 0 fully saturated rings. The number of halogens is 3. The van der Waals surface area contributed by atoms with E-state index >= 15 is 0 Å². The van der Waals surface area contributed by atoms with Gasteiger partial charge in [0.15, 0.2) is 0 Å². The van der Waals surface area contributed by atoms with E-state index in [9.17, 15) is 18.0 Å². The predicted octanol–water partition coefficient (Wildman–Crippen LogP) is 6.87. The highest BCUT2D eigenvalue weighted by atomic mass is 35.5. The van der Waals surface area contributed by atoms with Gasteiger partial charge in [-0.05, 0) is 88.2 Å². The summed E-state index contributed by atoms with van der Waals surface area (Å²) in [7, 11) is -4.18. The van der Waals surface area contributed by atoms with Crippen molar-refractivity contribution in [2.75, 3.05) is 10.8 Å². The number of hydrogen-bond donors (Lipinski definition) is 1. The summed E-state index contributed by atoms with van der Waals surface area (Å²) in [6.07, 6.45) is 0.282. The van der Waals surface area contributed by atoms with Crippen molar-refractivity contribution in [2.24, 2.45) is 0 Å². The summed E-state index contributed by atoms with van der Waals surface area (Å²) in [5, 5.41) is 4.09. The van der Waals surface area contributed by atoms with Crippen LogP contribution >= 0.6 is 34.8 Å². The summed E-state index contributed by atoms with van der Waals surface area (Å²) in [5.74, 6) is -0.949. The average molecular weight is 639 g/mol. The SMILES string of the molecule is CC[C@@H](C(=O)NC(C)(C)C)N(Cc1ccc(Cl)cc1Cl)C(=O)CN(c1ccc(Cl)cc1)S(=O)(=O)c1ccc(C)cc1. The Morgan fingerprint density at radius 1 is 0.902 bits per heavy atom. The van der Waals surface area contributed by atoms with Crippen LogP contribution in [0.3, 0.4) is 0 Å². The van der Waals surface area contributed by atoms with Gasteiger partial charge in [0.05, 0.1) is 10.6 Å². The highest BCUT2D eigenvalue weighted by molar-refractivity contribution is 7.92. The van der Waals surface area contributed by atoms with Gasteiger partial charge in [0.1, 0.15) is 12.6 Å². The zero-order valence-corrected chi connectivity index (χ0v) is 26.7. The van der Waals surface area contributed by atoms with Crippen molar-refractivity contribution < 1.29 is 18.0 Å². The van der Waals surface area contributed by atoms with Crippen LogP contribution in [-0.4, -0.2) is 43.3 Å². The van der Waals surface area contributed by atoms with Gasteiger partial charge in [0.25, 0.3) is 10.0 Å². The predicted molar refractivity (Wildman–Crippen MR) is 166 cm³/mol. The molecule has 0 radical (unpaired) electrons. The van der Waals surface area contributed by atoms with Gasteiger partial charge in [-0.1, -0.05) is 65.5 Å². The van der Waals surface area contributed by atoms with Crippen LogP contribution in [0.2, 0.25) is 15.1 Å². The molecule has 0 spiro atoms. The highest BCUT2D eigenvalue weighted by Gasteiger charge is 2.35. The summed E-state index contributed by atoms with van der Waals surface area (Å²) in [6, 6.07) is 16.5. The maximum Gasteiger partial charge on any atom is 0.264 e. The lowest BCUT2D eigenvalue weighted by Gasteiger charge is -2.35. The van der Waals surface area contributed by atoms with E-state index in [1.165, 1.54) is 29.2 Å². The molecule has 0 aliphatic rings. The van der Waals surface area contributed by atoms with Gasteiger partial charge in [-0.2, -0.15) is 0 Å². The van der Waals surface area contributed by atoms with Gasteiger partial charge in [0.2, 0.25) is 11.8 Å². The number of anilines is 1. The second kappa shape index (κ2) is 13.5. The molecule has 0 saturated carbocycles. The van der Waals surface area contributed by atoms with Crippen molar-refractivity contribution >= 4 is 62.3 Å². The number of carbonyl (C=O) groups is 2. The van der Waals surface area contributed by atoms with E-state index in [1.54, 1.807) is 49.4 Å².